The van der Waals surface area contributed by atoms with Crippen LogP contribution in [0.1, 0.15) is 28.9 Å². The SMILES string of the molecule is O=C(OCc1cccc2ccccc12)c1cc(S(=O)(=O)N2CCCC2)c[nH]1. The average Bonchev–Trinajstić information content (AvgIpc) is 3.38. The molecule has 1 aliphatic heterocycles. The molecule has 1 N–H and O–H groups in total. The zero-order valence-electron chi connectivity index (χ0n) is 14.7. The lowest BCUT2D eigenvalue weighted by Crippen LogP contribution is -2.27. The van der Waals surface area contributed by atoms with E-state index in [0.29, 0.717) is 13.1 Å². The first-order chi connectivity index (χ1) is 13.1. The van der Waals surface area contributed by atoms with Gasteiger partial charge in [0.15, 0.2) is 0 Å². The van der Waals surface area contributed by atoms with Gasteiger partial charge < -0.3 is 9.72 Å². The predicted octanol–water partition coefficient (Wildman–Crippen LogP) is 3.31. The zero-order valence-corrected chi connectivity index (χ0v) is 15.5. The Morgan fingerprint density at radius 1 is 1.07 bits per heavy atom. The number of carbonyl (C=O) groups is 1. The summed E-state index contributed by atoms with van der Waals surface area (Å²) in [5, 5.41) is 2.10. The van der Waals surface area contributed by atoms with Crippen molar-refractivity contribution in [2.75, 3.05) is 13.1 Å². The standard InChI is InChI=1S/C20H20N2O4S/c23-20(26-14-16-8-5-7-15-6-1-2-9-18(15)16)19-12-17(13-21-19)27(24,25)22-10-3-4-11-22/h1-2,5-9,12-13,21H,3-4,10-11,14H2. The molecule has 4 rings (SSSR count). The third kappa shape index (κ3) is 3.48. The van der Waals surface area contributed by atoms with Gasteiger partial charge in [-0.1, -0.05) is 42.5 Å². The molecule has 0 atom stereocenters. The third-order valence-electron chi connectivity index (χ3n) is 4.82. The minimum atomic E-state index is -3.55. The fourth-order valence-corrected chi connectivity index (χ4v) is 4.87. The van der Waals surface area contributed by atoms with Crippen LogP contribution in [-0.2, 0) is 21.4 Å². The van der Waals surface area contributed by atoms with Crippen molar-refractivity contribution in [1.82, 2.24) is 9.29 Å². The Labute approximate surface area is 157 Å². The lowest BCUT2D eigenvalue weighted by Gasteiger charge is -2.13. The number of hydrogen-bond donors (Lipinski definition) is 1. The van der Waals surface area contributed by atoms with Gasteiger partial charge in [0, 0.05) is 19.3 Å². The van der Waals surface area contributed by atoms with Crippen molar-refractivity contribution in [2.45, 2.75) is 24.3 Å². The van der Waals surface area contributed by atoms with Gasteiger partial charge in [-0.05, 0) is 35.2 Å². The summed E-state index contributed by atoms with van der Waals surface area (Å²) < 4.78 is 31.9. The van der Waals surface area contributed by atoms with E-state index in [1.807, 2.05) is 42.5 Å². The second-order valence-corrected chi connectivity index (χ2v) is 8.51. The lowest BCUT2D eigenvalue weighted by atomic mass is 10.1. The lowest BCUT2D eigenvalue weighted by molar-refractivity contribution is 0.0468. The van der Waals surface area contributed by atoms with Crippen LogP contribution in [0.5, 0.6) is 0 Å². The summed E-state index contributed by atoms with van der Waals surface area (Å²) >= 11 is 0. The molecular weight excluding hydrogens is 364 g/mol. The maximum atomic E-state index is 12.5. The monoisotopic (exact) mass is 384 g/mol. The van der Waals surface area contributed by atoms with Crippen molar-refractivity contribution in [3.63, 3.8) is 0 Å². The molecule has 0 saturated carbocycles. The first-order valence-corrected chi connectivity index (χ1v) is 10.3. The van der Waals surface area contributed by atoms with Crippen molar-refractivity contribution in [3.05, 3.63) is 66.0 Å². The van der Waals surface area contributed by atoms with Gasteiger partial charge in [-0.25, -0.2) is 13.2 Å². The van der Waals surface area contributed by atoms with Crippen LogP contribution >= 0.6 is 0 Å². The van der Waals surface area contributed by atoms with Gasteiger partial charge in [0.2, 0.25) is 10.0 Å². The highest BCUT2D eigenvalue weighted by Crippen LogP contribution is 2.22. The van der Waals surface area contributed by atoms with E-state index >= 15 is 0 Å². The van der Waals surface area contributed by atoms with Crippen molar-refractivity contribution in [1.29, 1.82) is 0 Å². The summed E-state index contributed by atoms with van der Waals surface area (Å²) in [6.07, 6.45) is 3.08. The number of carbonyl (C=O) groups excluding carboxylic acids is 1. The number of sulfonamides is 1. The van der Waals surface area contributed by atoms with E-state index in [1.165, 1.54) is 16.6 Å². The molecule has 140 valence electrons. The Morgan fingerprint density at radius 3 is 2.63 bits per heavy atom. The minimum Gasteiger partial charge on any atom is -0.456 e. The first kappa shape index (κ1) is 17.8. The van der Waals surface area contributed by atoms with Crippen molar-refractivity contribution < 1.29 is 17.9 Å². The molecule has 1 aliphatic rings. The predicted molar refractivity (Wildman–Crippen MR) is 102 cm³/mol. The number of fused-ring (bicyclic) bond motifs is 1. The number of benzene rings is 2. The second kappa shape index (κ2) is 7.17. The van der Waals surface area contributed by atoms with Crippen molar-refractivity contribution in [2.24, 2.45) is 0 Å². The summed E-state index contributed by atoms with van der Waals surface area (Å²) in [4.78, 5) is 15.2. The van der Waals surface area contributed by atoms with E-state index in [2.05, 4.69) is 4.98 Å². The van der Waals surface area contributed by atoms with E-state index in [4.69, 9.17) is 4.74 Å². The molecule has 0 aliphatic carbocycles. The third-order valence-corrected chi connectivity index (χ3v) is 6.69. The molecule has 1 fully saturated rings. The number of aromatic nitrogens is 1. The fourth-order valence-electron chi connectivity index (χ4n) is 3.36. The molecule has 2 aromatic carbocycles. The Balaban J connectivity index is 1.48. The Morgan fingerprint density at radius 2 is 1.81 bits per heavy atom. The van der Waals surface area contributed by atoms with Gasteiger partial charge in [-0.2, -0.15) is 4.31 Å². The summed E-state index contributed by atoms with van der Waals surface area (Å²) in [7, 11) is -3.55. The number of ether oxygens (including phenoxy) is 1. The van der Waals surface area contributed by atoms with E-state index in [1.54, 1.807) is 0 Å². The Kier molecular flexibility index (Phi) is 4.72. The normalized spacial score (nSPS) is 15.3. The van der Waals surface area contributed by atoms with Gasteiger partial charge in [0.25, 0.3) is 0 Å². The Hall–Kier alpha value is -2.64. The van der Waals surface area contributed by atoms with Crippen LogP contribution in [0.25, 0.3) is 10.8 Å². The van der Waals surface area contributed by atoms with E-state index in [0.717, 1.165) is 29.2 Å². The maximum absolute atomic E-state index is 12.5. The number of H-pyrrole nitrogens is 1. The minimum absolute atomic E-state index is 0.0986. The van der Waals surface area contributed by atoms with Crippen LogP contribution < -0.4 is 0 Å². The van der Waals surface area contributed by atoms with Crippen LogP contribution in [0.4, 0.5) is 0 Å². The number of hydrogen-bond acceptors (Lipinski definition) is 4. The molecule has 0 unspecified atom stereocenters. The number of rotatable bonds is 5. The molecule has 0 amide bonds. The van der Waals surface area contributed by atoms with E-state index in [-0.39, 0.29) is 17.2 Å². The highest BCUT2D eigenvalue weighted by Gasteiger charge is 2.28. The van der Waals surface area contributed by atoms with E-state index < -0.39 is 16.0 Å². The highest BCUT2D eigenvalue weighted by molar-refractivity contribution is 7.89. The topological polar surface area (TPSA) is 79.5 Å². The van der Waals surface area contributed by atoms with Crippen LogP contribution in [0, 0.1) is 0 Å². The molecule has 2 heterocycles. The fraction of sp³-hybridized carbons (Fsp3) is 0.250. The van der Waals surface area contributed by atoms with Gasteiger partial charge in [0.05, 0.1) is 0 Å². The highest BCUT2D eigenvalue weighted by atomic mass is 32.2. The number of nitrogens with zero attached hydrogens (tertiary/aromatic N) is 1. The largest absolute Gasteiger partial charge is 0.456 e. The van der Waals surface area contributed by atoms with Crippen LogP contribution in [0.3, 0.4) is 0 Å². The smallest absolute Gasteiger partial charge is 0.355 e. The molecule has 6 nitrogen and oxygen atoms in total. The van der Waals surface area contributed by atoms with Gasteiger partial charge in [-0.3, -0.25) is 0 Å². The summed E-state index contributed by atoms with van der Waals surface area (Å²) in [6, 6.07) is 15.1. The average molecular weight is 384 g/mol. The van der Waals surface area contributed by atoms with Crippen LogP contribution in [0.15, 0.2) is 59.6 Å². The number of nitrogens with one attached hydrogen (secondary N) is 1. The molecule has 0 spiro atoms. The van der Waals surface area contributed by atoms with Crippen LogP contribution in [0.2, 0.25) is 0 Å². The van der Waals surface area contributed by atoms with E-state index in [9.17, 15) is 13.2 Å². The summed E-state index contributed by atoms with van der Waals surface area (Å²) in [5.74, 6) is -0.578. The quantitative estimate of drug-likeness (QED) is 0.685. The molecule has 1 aromatic heterocycles. The molecule has 0 bridgehead atoms. The van der Waals surface area contributed by atoms with Crippen molar-refractivity contribution >= 4 is 26.8 Å². The first-order valence-electron chi connectivity index (χ1n) is 8.88. The van der Waals surface area contributed by atoms with Crippen LogP contribution in [-0.4, -0.2) is 36.8 Å². The van der Waals surface area contributed by atoms with Gasteiger partial charge >= 0.3 is 5.97 Å². The summed E-state index contributed by atoms with van der Waals surface area (Å²) in [6.45, 7) is 1.16. The number of aromatic amines is 1. The molecule has 27 heavy (non-hydrogen) atoms. The van der Waals surface area contributed by atoms with Gasteiger partial charge in [0.1, 0.15) is 17.2 Å². The van der Waals surface area contributed by atoms with Gasteiger partial charge in [-0.15, -0.1) is 0 Å². The maximum Gasteiger partial charge on any atom is 0.355 e. The zero-order chi connectivity index (χ0) is 18.9. The molecule has 7 heteroatoms. The second-order valence-electron chi connectivity index (χ2n) is 6.57. The molecular formula is C20H20N2O4S. The summed E-state index contributed by atoms with van der Waals surface area (Å²) in [5.41, 5.74) is 1.03. The molecule has 1 saturated heterocycles. The Bertz CT molecular complexity index is 1080. The number of esters is 1. The molecule has 0 radical (unpaired) electrons. The molecule has 3 aromatic rings. The van der Waals surface area contributed by atoms with Crippen molar-refractivity contribution in [3.8, 4) is 0 Å².